The molecule has 0 aliphatic carbocycles. The molecule has 0 fully saturated rings. The van der Waals surface area contributed by atoms with Crippen LogP contribution in [0.4, 0.5) is 4.39 Å². The van der Waals surface area contributed by atoms with Gasteiger partial charge in [-0.25, -0.2) is 12.8 Å². The van der Waals surface area contributed by atoms with Crippen molar-refractivity contribution in [3.63, 3.8) is 0 Å². The predicted octanol–water partition coefficient (Wildman–Crippen LogP) is 2.34. The van der Waals surface area contributed by atoms with E-state index in [0.717, 1.165) is 0 Å². The minimum Gasteiger partial charge on any atom is -0.489 e. The first kappa shape index (κ1) is 14.0. The smallest absolute Gasteiger partial charge is 0.167 e. The zero-order chi connectivity index (χ0) is 13.1. The van der Waals surface area contributed by atoms with Gasteiger partial charge in [0.05, 0.1) is 11.0 Å². The first-order valence-electron chi connectivity index (χ1n) is 5.44. The maximum absolute atomic E-state index is 13.5. The first-order valence-corrected chi connectivity index (χ1v) is 7.15. The highest BCUT2D eigenvalue weighted by molar-refractivity contribution is 7.91. The molecule has 0 unspecified atom stereocenters. The Kier molecular flexibility index (Phi) is 4.51. The molecule has 5 heteroatoms. The quantitative estimate of drug-likeness (QED) is 0.816. The lowest BCUT2D eigenvalue weighted by Crippen LogP contribution is -2.22. The highest BCUT2D eigenvalue weighted by Gasteiger charge is 2.16. The number of benzene rings is 1. The Labute approximate surface area is 102 Å². The van der Waals surface area contributed by atoms with Crippen molar-refractivity contribution in [3.8, 4) is 5.75 Å². The van der Waals surface area contributed by atoms with Gasteiger partial charge >= 0.3 is 0 Å². The SMILES string of the molecule is Cc1cccc(OCCS(=O)(=O)C(C)C)c1F. The predicted molar refractivity (Wildman–Crippen MR) is 65.6 cm³/mol. The molecule has 1 aromatic rings. The molecule has 0 N–H and O–H groups in total. The average molecular weight is 260 g/mol. The van der Waals surface area contributed by atoms with Gasteiger partial charge in [-0.3, -0.25) is 0 Å². The topological polar surface area (TPSA) is 43.4 Å². The van der Waals surface area contributed by atoms with Gasteiger partial charge in [-0.2, -0.15) is 0 Å². The van der Waals surface area contributed by atoms with E-state index in [2.05, 4.69) is 0 Å². The fourth-order valence-electron chi connectivity index (χ4n) is 1.24. The monoisotopic (exact) mass is 260 g/mol. The summed E-state index contributed by atoms with van der Waals surface area (Å²) < 4.78 is 41.7. The van der Waals surface area contributed by atoms with E-state index < -0.39 is 20.9 Å². The van der Waals surface area contributed by atoms with Crippen LogP contribution in [0.5, 0.6) is 5.75 Å². The summed E-state index contributed by atoms with van der Waals surface area (Å²) in [6.45, 7) is 4.83. The Balaban J connectivity index is 2.61. The van der Waals surface area contributed by atoms with E-state index in [0.29, 0.717) is 5.56 Å². The lowest BCUT2D eigenvalue weighted by atomic mass is 10.2. The van der Waals surface area contributed by atoms with E-state index in [1.165, 1.54) is 6.07 Å². The normalized spacial score (nSPS) is 11.8. The molecule has 0 aliphatic heterocycles. The van der Waals surface area contributed by atoms with Crippen molar-refractivity contribution < 1.29 is 17.5 Å². The molecule has 0 bridgehead atoms. The van der Waals surface area contributed by atoms with Crippen molar-refractivity contribution in [3.05, 3.63) is 29.6 Å². The number of aryl methyl sites for hydroxylation is 1. The Morgan fingerprint density at radius 2 is 2.00 bits per heavy atom. The molecular formula is C12H17FO3S. The molecule has 1 rings (SSSR count). The van der Waals surface area contributed by atoms with E-state index in [4.69, 9.17) is 4.74 Å². The van der Waals surface area contributed by atoms with Crippen LogP contribution in [0, 0.1) is 12.7 Å². The minimum absolute atomic E-state index is 0.0269. The summed E-state index contributed by atoms with van der Waals surface area (Å²) in [6.07, 6.45) is 0. The zero-order valence-corrected chi connectivity index (χ0v) is 11.1. The van der Waals surface area contributed by atoms with Gasteiger partial charge in [0.1, 0.15) is 6.61 Å². The number of hydrogen-bond donors (Lipinski definition) is 0. The average Bonchev–Trinajstić information content (AvgIpc) is 2.24. The summed E-state index contributed by atoms with van der Waals surface area (Å²) >= 11 is 0. The number of ether oxygens (including phenoxy) is 1. The van der Waals surface area contributed by atoms with Crippen molar-refractivity contribution in [2.75, 3.05) is 12.4 Å². The lowest BCUT2D eigenvalue weighted by molar-refractivity contribution is 0.321. The van der Waals surface area contributed by atoms with Crippen LogP contribution in [-0.2, 0) is 9.84 Å². The Morgan fingerprint density at radius 3 is 2.59 bits per heavy atom. The molecule has 0 saturated carbocycles. The van der Waals surface area contributed by atoms with Crippen LogP contribution >= 0.6 is 0 Å². The summed E-state index contributed by atoms with van der Waals surface area (Å²) in [7, 11) is -3.14. The summed E-state index contributed by atoms with van der Waals surface area (Å²) in [5.74, 6) is -0.434. The minimum atomic E-state index is -3.14. The van der Waals surface area contributed by atoms with Gasteiger partial charge in [-0.15, -0.1) is 0 Å². The second-order valence-electron chi connectivity index (χ2n) is 4.15. The van der Waals surface area contributed by atoms with Gasteiger partial charge in [0.15, 0.2) is 21.4 Å². The highest BCUT2D eigenvalue weighted by Crippen LogP contribution is 2.19. The molecule has 1 aromatic carbocycles. The Morgan fingerprint density at radius 1 is 1.35 bits per heavy atom. The maximum atomic E-state index is 13.5. The van der Waals surface area contributed by atoms with E-state index in [1.807, 2.05) is 0 Å². The van der Waals surface area contributed by atoms with Gasteiger partial charge in [-0.1, -0.05) is 12.1 Å². The first-order chi connectivity index (χ1) is 7.84. The van der Waals surface area contributed by atoms with Crippen LogP contribution in [0.1, 0.15) is 19.4 Å². The molecule has 0 aromatic heterocycles. The second kappa shape index (κ2) is 5.49. The maximum Gasteiger partial charge on any atom is 0.167 e. The van der Waals surface area contributed by atoms with Gasteiger partial charge in [0.25, 0.3) is 0 Å². The third-order valence-corrected chi connectivity index (χ3v) is 4.67. The van der Waals surface area contributed by atoms with Crippen LogP contribution in [0.3, 0.4) is 0 Å². The van der Waals surface area contributed by atoms with Crippen molar-refractivity contribution in [1.82, 2.24) is 0 Å². The molecule has 0 radical (unpaired) electrons. The van der Waals surface area contributed by atoms with Gasteiger partial charge in [0.2, 0.25) is 0 Å². The fourth-order valence-corrected chi connectivity index (χ4v) is 2.02. The van der Waals surface area contributed by atoms with Crippen LogP contribution in [0.15, 0.2) is 18.2 Å². The molecule has 96 valence electrons. The molecular weight excluding hydrogens is 243 g/mol. The molecule has 3 nitrogen and oxygen atoms in total. The lowest BCUT2D eigenvalue weighted by Gasteiger charge is -2.10. The molecule has 17 heavy (non-hydrogen) atoms. The van der Waals surface area contributed by atoms with Crippen molar-refractivity contribution in [2.24, 2.45) is 0 Å². The van der Waals surface area contributed by atoms with E-state index >= 15 is 0 Å². The van der Waals surface area contributed by atoms with Crippen LogP contribution in [0.2, 0.25) is 0 Å². The molecule has 0 amide bonds. The largest absolute Gasteiger partial charge is 0.489 e. The van der Waals surface area contributed by atoms with Gasteiger partial charge < -0.3 is 4.74 Å². The Bertz CT molecular complexity index is 481. The van der Waals surface area contributed by atoms with Crippen LogP contribution in [-0.4, -0.2) is 26.0 Å². The van der Waals surface area contributed by atoms with Crippen LogP contribution in [0.25, 0.3) is 0 Å². The second-order valence-corrected chi connectivity index (χ2v) is 6.83. The van der Waals surface area contributed by atoms with Crippen molar-refractivity contribution >= 4 is 9.84 Å². The fraction of sp³-hybridized carbons (Fsp3) is 0.500. The summed E-state index contributed by atoms with van der Waals surface area (Å²) in [6, 6.07) is 4.79. The summed E-state index contributed by atoms with van der Waals surface area (Å²) in [5.41, 5.74) is 0.481. The number of sulfone groups is 1. The highest BCUT2D eigenvalue weighted by atomic mass is 32.2. The standard InChI is InChI=1S/C12H17FO3S/c1-9(2)17(14,15)8-7-16-11-6-4-5-10(3)12(11)13/h4-6,9H,7-8H2,1-3H3. The third-order valence-electron chi connectivity index (χ3n) is 2.50. The van der Waals surface area contributed by atoms with E-state index in [1.54, 1.807) is 32.9 Å². The molecule has 0 aliphatic rings. The van der Waals surface area contributed by atoms with E-state index in [-0.39, 0.29) is 18.1 Å². The number of rotatable bonds is 5. The number of hydrogen-bond acceptors (Lipinski definition) is 3. The van der Waals surface area contributed by atoms with Gasteiger partial charge in [0, 0.05) is 0 Å². The third kappa shape index (κ3) is 3.70. The summed E-state index contributed by atoms with van der Waals surface area (Å²) in [5, 5.41) is -0.437. The summed E-state index contributed by atoms with van der Waals surface area (Å²) in [4.78, 5) is 0. The number of halogens is 1. The van der Waals surface area contributed by atoms with Crippen molar-refractivity contribution in [1.29, 1.82) is 0 Å². The molecule has 0 spiro atoms. The van der Waals surface area contributed by atoms with Crippen molar-refractivity contribution in [2.45, 2.75) is 26.0 Å². The van der Waals surface area contributed by atoms with Gasteiger partial charge in [-0.05, 0) is 32.4 Å². The van der Waals surface area contributed by atoms with Crippen LogP contribution < -0.4 is 4.74 Å². The zero-order valence-electron chi connectivity index (χ0n) is 10.2. The molecule has 0 atom stereocenters. The Hall–Kier alpha value is -1.10. The molecule has 0 saturated heterocycles. The van der Waals surface area contributed by atoms with E-state index in [9.17, 15) is 12.8 Å². The molecule has 0 heterocycles.